The van der Waals surface area contributed by atoms with Gasteiger partial charge in [-0.05, 0) is 57.2 Å². The molecule has 0 spiro atoms. The first kappa shape index (κ1) is 16.5. The highest BCUT2D eigenvalue weighted by molar-refractivity contribution is 7.15. The average Bonchev–Trinajstić information content (AvgIpc) is 3.02. The molecule has 2 aromatic heterocycles. The molecule has 1 aromatic carbocycles. The van der Waals surface area contributed by atoms with Crippen LogP contribution < -0.4 is 10.1 Å². The summed E-state index contributed by atoms with van der Waals surface area (Å²) >= 11 is 1.70. The minimum Gasteiger partial charge on any atom is -0.491 e. The molecule has 0 aliphatic heterocycles. The zero-order valence-electron chi connectivity index (χ0n) is 14.1. The zero-order chi connectivity index (χ0) is 16.9. The van der Waals surface area contributed by atoms with Crippen LogP contribution in [0, 0.1) is 6.92 Å². The second-order valence-corrected chi connectivity index (χ2v) is 6.98. The number of ether oxygens (including phenoxy) is 1. The van der Waals surface area contributed by atoms with E-state index >= 15 is 0 Å². The Kier molecular flexibility index (Phi) is 5.11. The fourth-order valence-corrected chi connectivity index (χ4v) is 3.17. The average molecular weight is 339 g/mol. The summed E-state index contributed by atoms with van der Waals surface area (Å²) in [5.41, 5.74) is 3.20. The lowest BCUT2D eigenvalue weighted by atomic mass is 10.2. The molecule has 0 aliphatic carbocycles. The van der Waals surface area contributed by atoms with Crippen LogP contribution in [0.25, 0.3) is 10.6 Å². The quantitative estimate of drug-likeness (QED) is 0.693. The van der Waals surface area contributed by atoms with Crippen LogP contribution >= 0.6 is 11.3 Å². The van der Waals surface area contributed by atoms with Crippen LogP contribution in [0.15, 0.2) is 48.8 Å². The lowest BCUT2D eigenvalue weighted by molar-refractivity contribution is 0.242. The minimum absolute atomic E-state index is 0.185. The van der Waals surface area contributed by atoms with Crippen LogP contribution in [-0.4, -0.2) is 16.1 Å². The number of hydrogen-bond acceptors (Lipinski definition) is 5. The number of anilines is 1. The minimum atomic E-state index is 0.185. The normalized spacial score (nSPS) is 10.8. The molecule has 5 heteroatoms. The summed E-state index contributed by atoms with van der Waals surface area (Å²) in [4.78, 5) is 9.93. The van der Waals surface area contributed by atoms with Crippen molar-refractivity contribution in [2.45, 2.75) is 33.4 Å². The van der Waals surface area contributed by atoms with Crippen LogP contribution in [-0.2, 0) is 6.54 Å². The molecule has 0 atom stereocenters. The Morgan fingerprint density at radius 2 is 1.92 bits per heavy atom. The number of rotatable bonds is 6. The summed E-state index contributed by atoms with van der Waals surface area (Å²) < 4.78 is 5.68. The SMILES string of the molecule is Cc1cc(NCc2cnc(-c3ccc(OC(C)C)cc3)s2)ccn1. The zero-order valence-corrected chi connectivity index (χ0v) is 14.9. The molecule has 124 valence electrons. The molecule has 1 N–H and O–H groups in total. The molecular formula is C19H21N3OS. The molecule has 0 fully saturated rings. The van der Waals surface area contributed by atoms with Crippen LogP contribution in [0.5, 0.6) is 5.75 Å². The maximum absolute atomic E-state index is 5.68. The van der Waals surface area contributed by atoms with Crippen molar-refractivity contribution in [1.29, 1.82) is 0 Å². The lowest BCUT2D eigenvalue weighted by Crippen LogP contribution is -2.05. The number of pyridine rings is 1. The van der Waals surface area contributed by atoms with Gasteiger partial charge in [-0.2, -0.15) is 0 Å². The summed E-state index contributed by atoms with van der Waals surface area (Å²) in [5.74, 6) is 0.889. The van der Waals surface area contributed by atoms with E-state index in [2.05, 4.69) is 27.4 Å². The number of thiazole rings is 1. The van der Waals surface area contributed by atoms with Gasteiger partial charge in [-0.1, -0.05) is 0 Å². The number of aryl methyl sites for hydroxylation is 1. The summed E-state index contributed by atoms with van der Waals surface area (Å²) in [6.07, 6.45) is 3.93. The van der Waals surface area contributed by atoms with Crippen molar-refractivity contribution in [3.8, 4) is 16.3 Å². The molecule has 2 heterocycles. The monoisotopic (exact) mass is 339 g/mol. The molecule has 0 aliphatic rings. The van der Waals surface area contributed by atoms with E-state index in [1.54, 1.807) is 11.3 Å². The molecule has 0 amide bonds. The highest BCUT2D eigenvalue weighted by Gasteiger charge is 2.06. The summed E-state index contributed by atoms with van der Waals surface area (Å²) in [6.45, 7) is 6.80. The standard InChI is InChI=1S/C19H21N3OS/c1-13(2)23-17-6-4-15(5-7-17)19-22-12-18(24-19)11-21-16-8-9-20-14(3)10-16/h4-10,12-13H,11H2,1-3H3,(H,20,21). The van der Waals surface area contributed by atoms with Gasteiger partial charge in [-0.3, -0.25) is 4.98 Å². The van der Waals surface area contributed by atoms with Gasteiger partial charge >= 0.3 is 0 Å². The van der Waals surface area contributed by atoms with Crippen LogP contribution in [0.1, 0.15) is 24.4 Å². The van der Waals surface area contributed by atoms with Crippen molar-refractivity contribution < 1.29 is 4.74 Å². The van der Waals surface area contributed by atoms with Crippen LogP contribution in [0.4, 0.5) is 5.69 Å². The van der Waals surface area contributed by atoms with Gasteiger partial charge in [0, 0.05) is 34.2 Å². The topological polar surface area (TPSA) is 47.0 Å². The van der Waals surface area contributed by atoms with Gasteiger partial charge < -0.3 is 10.1 Å². The van der Waals surface area contributed by atoms with Gasteiger partial charge in [0.25, 0.3) is 0 Å². The maximum atomic E-state index is 5.68. The Balaban J connectivity index is 1.64. The van der Waals surface area contributed by atoms with Gasteiger partial charge in [0.1, 0.15) is 10.8 Å². The Labute approximate surface area is 146 Å². The Hall–Kier alpha value is -2.40. The molecule has 0 unspecified atom stereocenters. The van der Waals surface area contributed by atoms with E-state index in [1.165, 1.54) is 4.88 Å². The highest BCUT2D eigenvalue weighted by Crippen LogP contribution is 2.27. The van der Waals surface area contributed by atoms with Crippen molar-refractivity contribution >= 4 is 17.0 Å². The largest absolute Gasteiger partial charge is 0.491 e. The molecule has 0 radical (unpaired) electrons. The van der Waals surface area contributed by atoms with Crippen LogP contribution in [0.3, 0.4) is 0 Å². The van der Waals surface area contributed by atoms with E-state index in [0.717, 1.165) is 34.2 Å². The van der Waals surface area contributed by atoms with Crippen molar-refractivity contribution in [3.05, 3.63) is 59.4 Å². The molecule has 0 saturated carbocycles. The molecule has 4 nitrogen and oxygen atoms in total. The van der Waals surface area contributed by atoms with E-state index in [1.807, 2.05) is 57.4 Å². The van der Waals surface area contributed by atoms with Crippen molar-refractivity contribution in [2.75, 3.05) is 5.32 Å². The lowest BCUT2D eigenvalue weighted by Gasteiger charge is -2.09. The predicted octanol–water partition coefficient (Wildman–Crippen LogP) is 4.91. The van der Waals surface area contributed by atoms with Gasteiger partial charge in [-0.25, -0.2) is 4.98 Å². The number of aromatic nitrogens is 2. The summed E-state index contributed by atoms with van der Waals surface area (Å²) in [5, 5.41) is 4.43. The molecule has 0 bridgehead atoms. The molecule has 3 rings (SSSR count). The highest BCUT2D eigenvalue weighted by atomic mass is 32.1. The predicted molar refractivity (Wildman–Crippen MR) is 99.6 cm³/mol. The molecule has 24 heavy (non-hydrogen) atoms. The summed E-state index contributed by atoms with van der Waals surface area (Å²) in [7, 11) is 0. The number of nitrogens with zero attached hydrogens (tertiary/aromatic N) is 2. The number of benzene rings is 1. The van der Waals surface area contributed by atoms with E-state index in [4.69, 9.17) is 4.74 Å². The molecule has 3 aromatic rings. The third-order valence-corrected chi connectivity index (χ3v) is 4.44. The van der Waals surface area contributed by atoms with E-state index in [-0.39, 0.29) is 6.10 Å². The number of nitrogens with one attached hydrogen (secondary N) is 1. The van der Waals surface area contributed by atoms with Crippen molar-refractivity contribution in [1.82, 2.24) is 9.97 Å². The van der Waals surface area contributed by atoms with Crippen LogP contribution in [0.2, 0.25) is 0 Å². The van der Waals surface area contributed by atoms with Gasteiger partial charge in [0.15, 0.2) is 0 Å². The number of hydrogen-bond donors (Lipinski definition) is 1. The van der Waals surface area contributed by atoms with Crippen molar-refractivity contribution in [2.24, 2.45) is 0 Å². The molecule has 0 saturated heterocycles. The second kappa shape index (κ2) is 7.45. The third kappa shape index (κ3) is 4.32. The van der Waals surface area contributed by atoms with E-state index in [9.17, 15) is 0 Å². The van der Waals surface area contributed by atoms with E-state index in [0.29, 0.717) is 0 Å². The Bertz CT molecular complexity index is 796. The van der Waals surface area contributed by atoms with Gasteiger partial charge in [0.05, 0.1) is 12.6 Å². The Morgan fingerprint density at radius 3 is 2.62 bits per heavy atom. The van der Waals surface area contributed by atoms with E-state index < -0.39 is 0 Å². The second-order valence-electron chi connectivity index (χ2n) is 5.86. The third-order valence-electron chi connectivity index (χ3n) is 3.39. The van der Waals surface area contributed by atoms with Crippen molar-refractivity contribution in [3.63, 3.8) is 0 Å². The van der Waals surface area contributed by atoms with Gasteiger partial charge in [0.2, 0.25) is 0 Å². The Morgan fingerprint density at radius 1 is 1.12 bits per heavy atom. The first-order valence-electron chi connectivity index (χ1n) is 7.98. The van der Waals surface area contributed by atoms with Gasteiger partial charge in [-0.15, -0.1) is 11.3 Å². The fourth-order valence-electron chi connectivity index (χ4n) is 2.32. The molecular weight excluding hydrogens is 318 g/mol. The smallest absolute Gasteiger partial charge is 0.123 e. The first-order valence-corrected chi connectivity index (χ1v) is 8.80. The maximum Gasteiger partial charge on any atom is 0.123 e. The summed E-state index contributed by atoms with van der Waals surface area (Å²) in [6, 6.07) is 12.1. The first-order chi connectivity index (χ1) is 11.6. The fraction of sp³-hybridized carbons (Fsp3) is 0.263.